The smallest absolute Gasteiger partial charge is 0.123 e. The number of rotatable bonds is 5. The van der Waals surface area contributed by atoms with Crippen LogP contribution >= 0.6 is 0 Å². The molecule has 2 rings (SSSR count). The highest BCUT2D eigenvalue weighted by Crippen LogP contribution is 2.55. The molecule has 0 aliphatic heterocycles. The summed E-state index contributed by atoms with van der Waals surface area (Å²) in [6.45, 7) is 2.14. The van der Waals surface area contributed by atoms with Crippen molar-refractivity contribution in [3.8, 4) is 11.8 Å². The Kier molecular flexibility index (Phi) is 3.58. The van der Waals surface area contributed by atoms with E-state index in [0.717, 1.165) is 30.6 Å². The number of nitriles is 1. The van der Waals surface area contributed by atoms with E-state index < -0.39 is 0 Å². The van der Waals surface area contributed by atoms with Crippen LogP contribution < -0.4 is 10.1 Å². The molecule has 1 saturated carbocycles. The second kappa shape index (κ2) is 4.99. The van der Waals surface area contributed by atoms with Crippen molar-refractivity contribution in [2.45, 2.75) is 32.2 Å². The minimum absolute atomic E-state index is 0.0592. The molecular weight excluding hydrogens is 224 g/mol. The molecule has 1 aromatic carbocycles. The Labute approximate surface area is 109 Å². The van der Waals surface area contributed by atoms with E-state index in [1.54, 1.807) is 7.11 Å². The van der Waals surface area contributed by atoms with Gasteiger partial charge in [-0.3, -0.25) is 0 Å². The summed E-state index contributed by atoms with van der Waals surface area (Å²) in [5.41, 5.74) is 2.15. The molecule has 3 heteroatoms. The van der Waals surface area contributed by atoms with Crippen LogP contribution in [-0.2, 0) is 6.42 Å². The van der Waals surface area contributed by atoms with Gasteiger partial charge in [0.05, 0.1) is 24.6 Å². The van der Waals surface area contributed by atoms with E-state index in [-0.39, 0.29) is 11.5 Å². The van der Waals surface area contributed by atoms with Gasteiger partial charge in [0.2, 0.25) is 0 Å². The molecule has 3 nitrogen and oxygen atoms in total. The highest BCUT2D eigenvalue weighted by Gasteiger charge is 2.51. The number of benzene rings is 1. The molecule has 1 aliphatic carbocycles. The molecule has 0 radical (unpaired) electrons. The molecule has 0 bridgehead atoms. The Balaban J connectivity index is 2.44. The van der Waals surface area contributed by atoms with Gasteiger partial charge >= 0.3 is 0 Å². The minimum atomic E-state index is -0.242. The summed E-state index contributed by atoms with van der Waals surface area (Å²) in [7, 11) is 3.60. The van der Waals surface area contributed by atoms with Crippen LogP contribution in [0, 0.1) is 16.7 Å². The number of ether oxygens (including phenoxy) is 1. The molecular formula is C15H20N2O. The van der Waals surface area contributed by atoms with Crippen LogP contribution in [0.3, 0.4) is 0 Å². The SMILES string of the molecule is CCc1ccc(OC)c(C(NC)C2(C#N)CC2)c1. The summed E-state index contributed by atoms with van der Waals surface area (Å²) >= 11 is 0. The van der Waals surface area contributed by atoms with Crippen molar-refractivity contribution < 1.29 is 4.74 Å². The molecule has 0 heterocycles. The molecule has 0 amide bonds. The van der Waals surface area contributed by atoms with Gasteiger partial charge in [0.1, 0.15) is 5.75 Å². The van der Waals surface area contributed by atoms with Gasteiger partial charge in [-0.1, -0.05) is 19.1 Å². The first kappa shape index (κ1) is 12.9. The van der Waals surface area contributed by atoms with Crippen LogP contribution in [0.25, 0.3) is 0 Å². The van der Waals surface area contributed by atoms with Crippen molar-refractivity contribution in [2.24, 2.45) is 5.41 Å². The zero-order chi connectivity index (χ0) is 13.2. The Bertz CT molecular complexity index is 472. The molecule has 1 aliphatic rings. The van der Waals surface area contributed by atoms with Gasteiger partial charge in [-0.2, -0.15) is 5.26 Å². The number of aryl methyl sites for hydroxylation is 1. The number of hydrogen-bond acceptors (Lipinski definition) is 3. The fourth-order valence-electron chi connectivity index (χ4n) is 2.56. The van der Waals surface area contributed by atoms with Gasteiger partial charge in [0.15, 0.2) is 0 Å². The topological polar surface area (TPSA) is 45.0 Å². The van der Waals surface area contributed by atoms with Crippen molar-refractivity contribution in [1.29, 1.82) is 5.26 Å². The summed E-state index contributed by atoms with van der Waals surface area (Å²) in [5.74, 6) is 0.869. The van der Waals surface area contributed by atoms with Gasteiger partial charge in [-0.15, -0.1) is 0 Å². The monoisotopic (exact) mass is 244 g/mol. The third-order valence-electron chi connectivity index (χ3n) is 3.87. The quantitative estimate of drug-likeness (QED) is 0.866. The summed E-state index contributed by atoms with van der Waals surface area (Å²) in [6.07, 6.45) is 2.93. The predicted octanol–water partition coefficient (Wildman–Crippen LogP) is 2.82. The molecule has 96 valence electrons. The largest absolute Gasteiger partial charge is 0.496 e. The summed E-state index contributed by atoms with van der Waals surface area (Å²) in [6, 6.07) is 8.79. The number of hydrogen-bond donors (Lipinski definition) is 1. The predicted molar refractivity (Wildman–Crippen MR) is 71.5 cm³/mol. The van der Waals surface area contributed by atoms with Crippen LogP contribution in [0.2, 0.25) is 0 Å². The lowest BCUT2D eigenvalue weighted by atomic mass is 9.89. The number of nitrogens with one attached hydrogen (secondary N) is 1. The van der Waals surface area contributed by atoms with E-state index in [1.165, 1.54) is 5.56 Å². The molecule has 0 saturated heterocycles. The molecule has 1 N–H and O–H groups in total. The van der Waals surface area contributed by atoms with Gasteiger partial charge in [0.25, 0.3) is 0 Å². The van der Waals surface area contributed by atoms with E-state index in [4.69, 9.17) is 4.74 Å². The Morgan fingerprint density at radius 2 is 2.22 bits per heavy atom. The first-order valence-electron chi connectivity index (χ1n) is 6.46. The second-order valence-electron chi connectivity index (χ2n) is 4.92. The zero-order valence-electron chi connectivity index (χ0n) is 11.3. The zero-order valence-corrected chi connectivity index (χ0v) is 11.3. The van der Waals surface area contributed by atoms with Gasteiger partial charge < -0.3 is 10.1 Å². The normalized spacial score (nSPS) is 17.9. The number of nitrogens with zero attached hydrogens (tertiary/aromatic N) is 1. The van der Waals surface area contributed by atoms with Gasteiger partial charge in [0, 0.05) is 5.56 Å². The van der Waals surface area contributed by atoms with Crippen LogP contribution in [0.4, 0.5) is 0 Å². The minimum Gasteiger partial charge on any atom is -0.496 e. The van der Waals surface area contributed by atoms with Gasteiger partial charge in [-0.25, -0.2) is 0 Å². The average molecular weight is 244 g/mol. The van der Waals surface area contributed by atoms with Crippen molar-refractivity contribution in [3.05, 3.63) is 29.3 Å². The molecule has 0 aromatic heterocycles. The van der Waals surface area contributed by atoms with Crippen LogP contribution in [0.15, 0.2) is 18.2 Å². The lowest BCUT2D eigenvalue weighted by Gasteiger charge is -2.24. The fraction of sp³-hybridized carbons (Fsp3) is 0.533. The van der Waals surface area contributed by atoms with Crippen molar-refractivity contribution in [1.82, 2.24) is 5.32 Å². The maximum atomic E-state index is 9.38. The third-order valence-corrected chi connectivity index (χ3v) is 3.87. The first-order chi connectivity index (χ1) is 8.70. The molecule has 1 aromatic rings. The number of methoxy groups -OCH3 is 1. The highest BCUT2D eigenvalue weighted by atomic mass is 16.5. The van der Waals surface area contributed by atoms with Crippen molar-refractivity contribution in [2.75, 3.05) is 14.2 Å². The molecule has 1 unspecified atom stereocenters. The van der Waals surface area contributed by atoms with E-state index in [9.17, 15) is 5.26 Å². The molecule has 1 atom stereocenters. The molecule has 1 fully saturated rings. The summed E-state index contributed by atoms with van der Waals surface area (Å²) in [4.78, 5) is 0. The first-order valence-corrected chi connectivity index (χ1v) is 6.46. The Morgan fingerprint density at radius 3 is 2.67 bits per heavy atom. The van der Waals surface area contributed by atoms with Crippen LogP contribution in [0.5, 0.6) is 5.75 Å². The Morgan fingerprint density at radius 1 is 1.50 bits per heavy atom. The van der Waals surface area contributed by atoms with Crippen LogP contribution in [0.1, 0.15) is 36.9 Å². The third kappa shape index (κ3) is 2.09. The van der Waals surface area contributed by atoms with Gasteiger partial charge in [-0.05, 0) is 37.9 Å². The lowest BCUT2D eigenvalue weighted by Crippen LogP contribution is -2.26. The average Bonchev–Trinajstić information content (AvgIpc) is 3.20. The van der Waals surface area contributed by atoms with Crippen molar-refractivity contribution >= 4 is 0 Å². The Hall–Kier alpha value is -1.53. The fourth-order valence-corrected chi connectivity index (χ4v) is 2.56. The molecule has 18 heavy (non-hydrogen) atoms. The van der Waals surface area contributed by atoms with E-state index in [1.807, 2.05) is 13.1 Å². The van der Waals surface area contributed by atoms with E-state index in [0.29, 0.717) is 0 Å². The summed E-state index contributed by atoms with van der Waals surface area (Å²) < 4.78 is 5.45. The second-order valence-corrected chi connectivity index (χ2v) is 4.92. The van der Waals surface area contributed by atoms with E-state index >= 15 is 0 Å². The van der Waals surface area contributed by atoms with Crippen LogP contribution in [-0.4, -0.2) is 14.2 Å². The lowest BCUT2D eigenvalue weighted by molar-refractivity contribution is 0.380. The maximum Gasteiger partial charge on any atom is 0.123 e. The maximum absolute atomic E-state index is 9.38. The van der Waals surface area contributed by atoms with Crippen molar-refractivity contribution in [3.63, 3.8) is 0 Å². The molecule has 0 spiro atoms. The standard InChI is InChI=1S/C15H20N2O/c1-4-11-5-6-13(18-3)12(9-11)14(17-2)15(10-16)7-8-15/h5-6,9,14,17H,4,7-8H2,1-3H3. The van der Waals surface area contributed by atoms with E-state index in [2.05, 4.69) is 30.4 Å². The summed E-state index contributed by atoms with van der Waals surface area (Å²) in [5, 5.41) is 12.7. The highest BCUT2D eigenvalue weighted by molar-refractivity contribution is 5.42.